The number of hydrogen-bond acceptors (Lipinski definition) is 2. The average molecular weight is 154 g/mol. The summed E-state index contributed by atoms with van der Waals surface area (Å²) in [7, 11) is 0. The first-order valence-electron chi connectivity index (χ1n) is 2.94. The Kier molecular flexibility index (Phi) is 2.18. The van der Waals surface area contributed by atoms with Crippen molar-refractivity contribution in [2.75, 3.05) is 0 Å². The van der Waals surface area contributed by atoms with Gasteiger partial charge < -0.3 is 0 Å². The zero-order valence-corrected chi connectivity index (χ0v) is 5.54. The quantitative estimate of drug-likeness (QED) is 0.467. The van der Waals surface area contributed by atoms with E-state index in [1.807, 2.05) is 0 Å². The Morgan fingerprint density at radius 3 is 2.82 bits per heavy atom. The van der Waals surface area contributed by atoms with Crippen LogP contribution >= 0.6 is 0 Å². The molecule has 0 radical (unpaired) electrons. The van der Waals surface area contributed by atoms with Gasteiger partial charge in [-0.3, -0.25) is 10.0 Å². The van der Waals surface area contributed by atoms with E-state index >= 15 is 0 Å². The van der Waals surface area contributed by atoms with Crippen LogP contribution in [0, 0.1) is 5.82 Å². The number of hydroxylamine groups is 1. The number of carbonyl (C=O) groups is 1. The van der Waals surface area contributed by atoms with Gasteiger partial charge in [-0.15, -0.1) is 0 Å². The van der Waals surface area contributed by atoms with Crippen LogP contribution in [0.5, 0.6) is 0 Å². The molecule has 1 rings (SSSR count). The Morgan fingerprint density at radius 1 is 1.55 bits per heavy atom. The summed E-state index contributed by atoms with van der Waals surface area (Å²) in [5.41, 5.74) is 1.49. The molecule has 1 aromatic carbocycles. The molecular formula is C7H6FNO2. The number of hydrogen-bond donors (Lipinski definition) is 2. The highest BCUT2D eigenvalue weighted by atomic mass is 18.2. The Bertz CT molecular complexity index is 275. The van der Waals surface area contributed by atoms with Crippen LogP contribution in [0.15, 0.2) is 24.3 Å². The fraction of sp³-hybridized carbons (Fsp3) is 0. The van der Waals surface area contributed by atoms with Crippen molar-refractivity contribution >= 4 is 5.91 Å². The molecule has 0 unspecified atom stereocenters. The zero-order chi connectivity index (χ0) is 8.27. The highest BCUT2D eigenvalue weighted by Gasteiger charge is 2.02. The minimum Gasteiger partial charge on any atom is -0.288 e. The maximum atomic E-state index is 12.4. The average Bonchev–Trinajstić information content (AvgIpc) is 2.03. The van der Waals surface area contributed by atoms with Crippen molar-refractivity contribution in [3.63, 3.8) is 0 Å². The van der Waals surface area contributed by atoms with E-state index in [4.69, 9.17) is 5.21 Å². The third kappa shape index (κ3) is 1.75. The molecule has 1 aromatic rings. The maximum Gasteiger partial charge on any atom is 0.274 e. The third-order valence-electron chi connectivity index (χ3n) is 1.19. The number of benzene rings is 1. The van der Waals surface area contributed by atoms with Crippen molar-refractivity contribution in [2.45, 2.75) is 0 Å². The molecule has 0 saturated carbocycles. The Balaban J connectivity index is 2.96. The molecule has 0 aliphatic heterocycles. The molecule has 0 spiro atoms. The number of halogens is 1. The molecule has 2 N–H and O–H groups in total. The van der Waals surface area contributed by atoms with Crippen LogP contribution < -0.4 is 5.48 Å². The first-order valence-corrected chi connectivity index (χ1v) is 2.94. The lowest BCUT2D eigenvalue weighted by Crippen LogP contribution is -2.18. The second-order valence-electron chi connectivity index (χ2n) is 1.95. The van der Waals surface area contributed by atoms with Gasteiger partial charge >= 0.3 is 0 Å². The number of amides is 1. The summed E-state index contributed by atoms with van der Waals surface area (Å²) in [6.07, 6.45) is 0. The lowest BCUT2D eigenvalue weighted by Gasteiger charge is -1.96. The molecule has 1 amide bonds. The molecule has 0 heterocycles. The van der Waals surface area contributed by atoms with E-state index < -0.39 is 11.7 Å². The van der Waals surface area contributed by atoms with Crippen molar-refractivity contribution in [2.24, 2.45) is 0 Å². The lowest BCUT2D eigenvalue weighted by atomic mass is 10.2. The van der Waals surface area contributed by atoms with Crippen molar-refractivity contribution in [1.29, 1.82) is 0 Å². The summed E-state index contributed by atoms with van der Waals surface area (Å²) in [6, 6.07) is 5.04. The standard InChI is InChI=1S/C7H6FNO2/c8-6-3-1-2-5(4-6)7(10)9-11/h1-4,11H,(H,9,10)/i8-1. The van der Waals surface area contributed by atoms with Crippen LogP contribution in [-0.4, -0.2) is 11.1 Å². The van der Waals surface area contributed by atoms with Gasteiger partial charge in [-0.1, -0.05) is 6.07 Å². The molecule has 11 heavy (non-hydrogen) atoms. The smallest absolute Gasteiger partial charge is 0.274 e. The van der Waals surface area contributed by atoms with E-state index in [1.54, 1.807) is 0 Å². The van der Waals surface area contributed by atoms with E-state index in [2.05, 4.69) is 0 Å². The number of rotatable bonds is 1. The SMILES string of the molecule is O=C(NO)c1cccc([18F])c1. The molecule has 0 bridgehead atoms. The second-order valence-corrected chi connectivity index (χ2v) is 1.95. The molecule has 0 fully saturated rings. The van der Waals surface area contributed by atoms with Crippen LogP contribution in [0.25, 0.3) is 0 Å². The molecule has 0 aliphatic carbocycles. The largest absolute Gasteiger partial charge is 0.288 e. The van der Waals surface area contributed by atoms with Gasteiger partial charge in [-0.25, -0.2) is 9.87 Å². The third-order valence-corrected chi connectivity index (χ3v) is 1.19. The molecule has 0 atom stereocenters. The van der Waals surface area contributed by atoms with E-state index in [0.29, 0.717) is 0 Å². The predicted octanol–water partition coefficient (Wildman–Crippen LogP) is 0.945. The molecule has 0 saturated heterocycles. The number of nitrogens with one attached hydrogen (secondary N) is 1. The van der Waals surface area contributed by atoms with Crippen LogP contribution in [0.1, 0.15) is 10.4 Å². The molecule has 4 heteroatoms. The van der Waals surface area contributed by atoms with Gasteiger partial charge in [0.05, 0.1) is 0 Å². The van der Waals surface area contributed by atoms with Crippen LogP contribution in [0.2, 0.25) is 0 Å². The van der Waals surface area contributed by atoms with Gasteiger partial charge in [0.2, 0.25) is 0 Å². The highest BCUT2D eigenvalue weighted by molar-refractivity contribution is 5.93. The van der Waals surface area contributed by atoms with Gasteiger partial charge in [-0.2, -0.15) is 0 Å². The molecule has 0 aliphatic rings. The normalized spacial score (nSPS) is 9.27. The van der Waals surface area contributed by atoms with Gasteiger partial charge in [0.15, 0.2) is 0 Å². The number of carbonyl (C=O) groups excluding carboxylic acids is 1. The van der Waals surface area contributed by atoms with Crippen molar-refractivity contribution in [1.82, 2.24) is 5.48 Å². The first-order chi connectivity index (χ1) is 5.24. The topological polar surface area (TPSA) is 49.3 Å². The van der Waals surface area contributed by atoms with Crippen LogP contribution in [0.4, 0.5) is 4.39 Å². The van der Waals surface area contributed by atoms with Crippen molar-refractivity contribution < 1.29 is 14.4 Å². The first kappa shape index (κ1) is 7.68. The van der Waals surface area contributed by atoms with Crippen LogP contribution in [0.3, 0.4) is 0 Å². The maximum absolute atomic E-state index is 12.4. The fourth-order valence-electron chi connectivity index (χ4n) is 0.694. The minimum absolute atomic E-state index is 0.0903. The van der Waals surface area contributed by atoms with Gasteiger partial charge in [0.1, 0.15) is 5.82 Å². The fourth-order valence-corrected chi connectivity index (χ4v) is 0.694. The minimum atomic E-state index is -0.718. The highest BCUT2D eigenvalue weighted by Crippen LogP contribution is 2.02. The lowest BCUT2D eigenvalue weighted by molar-refractivity contribution is 0.0706. The second kappa shape index (κ2) is 3.12. The van der Waals surface area contributed by atoms with Crippen LogP contribution in [-0.2, 0) is 0 Å². The van der Waals surface area contributed by atoms with E-state index in [1.165, 1.54) is 23.7 Å². The summed E-state index contributed by atoms with van der Waals surface area (Å²) in [6.45, 7) is 0. The molecule has 3 nitrogen and oxygen atoms in total. The molecular weight excluding hydrogens is 148 g/mol. The Morgan fingerprint density at radius 2 is 2.27 bits per heavy atom. The molecule has 0 aromatic heterocycles. The summed E-state index contributed by atoms with van der Waals surface area (Å²) < 4.78 is 12.4. The van der Waals surface area contributed by atoms with Crippen molar-refractivity contribution in [3.8, 4) is 0 Å². The Hall–Kier alpha value is -1.42. The van der Waals surface area contributed by atoms with Gasteiger partial charge in [0, 0.05) is 5.56 Å². The summed E-state index contributed by atoms with van der Waals surface area (Å²) in [5.74, 6) is -1.23. The Labute approximate surface area is 62.4 Å². The van der Waals surface area contributed by atoms with Gasteiger partial charge in [0.25, 0.3) is 5.91 Å². The van der Waals surface area contributed by atoms with Gasteiger partial charge in [-0.05, 0) is 18.2 Å². The van der Waals surface area contributed by atoms with E-state index in [-0.39, 0.29) is 5.56 Å². The van der Waals surface area contributed by atoms with E-state index in [9.17, 15) is 9.18 Å². The van der Waals surface area contributed by atoms with Crippen molar-refractivity contribution in [3.05, 3.63) is 35.6 Å². The molecule has 58 valence electrons. The predicted molar refractivity (Wildman–Crippen MR) is 35.7 cm³/mol. The van der Waals surface area contributed by atoms with E-state index in [0.717, 1.165) is 6.07 Å². The summed E-state index contributed by atoms with van der Waals surface area (Å²) >= 11 is 0. The summed E-state index contributed by atoms with van der Waals surface area (Å²) in [5, 5.41) is 8.16. The monoisotopic (exact) mass is 154 g/mol. The zero-order valence-electron chi connectivity index (χ0n) is 5.54. The summed E-state index contributed by atoms with van der Waals surface area (Å²) in [4.78, 5) is 10.6.